The van der Waals surface area contributed by atoms with Crippen LogP contribution >= 0.6 is 11.6 Å². The summed E-state index contributed by atoms with van der Waals surface area (Å²) in [7, 11) is 0. The quantitative estimate of drug-likeness (QED) is 0.571. The molecule has 25 heavy (non-hydrogen) atoms. The van der Waals surface area contributed by atoms with Crippen LogP contribution in [-0.4, -0.2) is 4.98 Å². The number of nitrogens with one attached hydrogen (secondary N) is 1. The molecule has 0 amide bonds. The molecular formula is C21H20ClFN2. The number of aromatic amines is 1. The van der Waals surface area contributed by atoms with Crippen molar-refractivity contribution in [2.45, 2.75) is 39.0 Å². The summed E-state index contributed by atoms with van der Waals surface area (Å²) in [5, 5.41) is 10.1. The van der Waals surface area contributed by atoms with Gasteiger partial charge in [-0.3, -0.25) is 0 Å². The number of nitriles is 1. The number of hydrogen-bond acceptors (Lipinski definition) is 1. The first kappa shape index (κ1) is 17.5. The highest BCUT2D eigenvalue weighted by molar-refractivity contribution is 6.31. The van der Waals surface area contributed by atoms with Crippen molar-refractivity contribution < 1.29 is 4.39 Å². The van der Waals surface area contributed by atoms with Crippen LogP contribution in [0.1, 0.15) is 55.0 Å². The van der Waals surface area contributed by atoms with Crippen molar-refractivity contribution in [2.24, 2.45) is 0 Å². The van der Waals surface area contributed by atoms with Gasteiger partial charge >= 0.3 is 0 Å². The average molecular weight is 355 g/mol. The maximum absolute atomic E-state index is 13.9. The van der Waals surface area contributed by atoms with Crippen LogP contribution < -0.4 is 0 Å². The van der Waals surface area contributed by atoms with E-state index in [0.29, 0.717) is 5.56 Å². The average Bonchev–Trinajstić information content (AvgIpc) is 2.97. The molecule has 3 aromatic rings. The number of unbranched alkanes of at least 4 members (excludes halogenated alkanes) is 1. The van der Waals surface area contributed by atoms with Crippen LogP contribution in [0.2, 0.25) is 5.02 Å². The van der Waals surface area contributed by atoms with Crippen LogP contribution in [0.5, 0.6) is 0 Å². The number of aromatic nitrogens is 1. The summed E-state index contributed by atoms with van der Waals surface area (Å²) in [4.78, 5) is 3.40. The Kier molecular flexibility index (Phi) is 5.11. The van der Waals surface area contributed by atoms with E-state index >= 15 is 0 Å². The minimum atomic E-state index is -0.407. The fourth-order valence-corrected chi connectivity index (χ4v) is 3.43. The maximum atomic E-state index is 13.9. The molecule has 0 bridgehead atoms. The molecule has 1 aromatic heterocycles. The number of hydrogen-bond donors (Lipinski definition) is 1. The van der Waals surface area contributed by atoms with Crippen LogP contribution in [0.3, 0.4) is 0 Å². The zero-order valence-corrected chi connectivity index (χ0v) is 15.1. The summed E-state index contributed by atoms with van der Waals surface area (Å²) in [6, 6.07) is 13.0. The van der Waals surface area contributed by atoms with Gasteiger partial charge in [0.25, 0.3) is 0 Å². The third-order valence-corrected chi connectivity index (χ3v) is 5.02. The molecule has 1 N–H and O–H groups in total. The van der Waals surface area contributed by atoms with Crippen LogP contribution in [-0.2, 0) is 6.42 Å². The van der Waals surface area contributed by atoms with Crippen molar-refractivity contribution in [3.63, 3.8) is 0 Å². The number of benzene rings is 2. The molecule has 1 heterocycles. The van der Waals surface area contributed by atoms with Gasteiger partial charge in [0.2, 0.25) is 0 Å². The van der Waals surface area contributed by atoms with Crippen molar-refractivity contribution in [1.29, 1.82) is 5.26 Å². The van der Waals surface area contributed by atoms with E-state index in [1.807, 2.05) is 24.3 Å². The number of rotatable bonds is 5. The largest absolute Gasteiger partial charge is 0.358 e. The normalized spacial score (nSPS) is 12.3. The van der Waals surface area contributed by atoms with Crippen molar-refractivity contribution in [3.05, 3.63) is 69.6 Å². The van der Waals surface area contributed by atoms with Gasteiger partial charge in [-0.2, -0.15) is 5.26 Å². The second-order valence-electron chi connectivity index (χ2n) is 6.39. The predicted molar refractivity (Wildman–Crippen MR) is 101 cm³/mol. The molecule has 0 fully saturated rings. The Morgan fingerprint density at radius 3 is 2.60 bits per heavy atom. The second kappa shape index (κ2) is 7.29. The van der Waals surface area contributed by atoms with Gasteiger partial charge in [0.1, 0.15) is 5.82 Å². The molecule has 0 saturated heterocycles. The maximum Gasteiger partial charge on any atom is 0.143 e. The van der Waals surface area contributed by atoms with Crippen molar-refractivity contribution >= 4 is 22.5 Å². The van der Waals surface area contributed by atoms with Gasteiger partial charge in [-0.25, -0.2) is 4.39 Å². The van der Waals surface area contributed by atoms with Crippen LogP contribution in [0, 0.1) is 17.1 Å². The van der Waals surface area contributed by atoms with Crippen molar-refractivity contribution in [2.75, 3.05) is 0 Å². The number of nitrogens with zero attached hydrogens (tertiary/aromatic N) is 1. The molecule has 0 aliphatic carbocycles. The standard InChI is InChI=1S/C21H20ClFN2/c1-3-4-5-16-17-10-18(22)19(23)11-20(17)25-21(16)13(2)15-8-6-14(12-24)7-9-15/h6-11,13,25H,3-5H2,1-2H3. The molecule has 0 aliphatic rings. The lowest BCUT2D eigenvalue weighted by Crippen LogP contribution is -2.01. The van der Waals surface area contributed by atoms with Gasteiger partial charge in [-0.05, 0) is 48.2 Å². The van der Waals surface area contributed by atoms with Crippen LogP contribution in [0.25, 0.3) is 10.9 Å². The molecule has 0 saturated carbocycles. The van der Waals surface area contributed by atoms with E-state index in [0.717, 1.165) is 41.4 Å². The number of aryl methyl sites for hydroxylation is 1. The monoisotopic (exact) mass is 354 g/mol. The molecule has 0 aliphatic heterocycles. The number of H-pyrrole nitrogens is 1. The fraction of sp³-hybridized carbons (Fsp3) is 0.286. The van der Waals surface area contributed by atoms with Gasteiger partial charge in [0.15, 0.2) is 0 Å². The summed E-state index contributed by atoms with van der Waals surface area (Å²) >= 11 is 6.01. The molecule has 2 nitrogen and oxygen atoms in total. The molecule has 4 heteroatoms. The van der Waals surface area contributed by atoms with E-state index in [2.05, 4.69) is 24.9 Å². The number of fused-ring (bicyclic) bond motifs is 1. The first-order valence-electron chi connectivity index (χ1n) is 8.54. The Hall–Kier alpha value is -2.31. The van der Waals surface area contributed by atoms with Gasteiger partial charge in [-0.1, -0.05) is 44.0 Å². The second-order valence-corrected chi connectivity index (χ2v) is 6.80. The first-order valence-corrected chi connectivity index (χ1v) is 8.92. The molecule has 1 atom stereocenters. The Labute approximate surface area is 152 Å². The topological polar surface area (TPSA) is 39.6 Å². The van der Waals surface area contributed by atoms with Gasteiger partial charge in [0, 0.05) is 22.5 Å². The summed E-state index contributed by atoms with van der Waals surface area (Å²) < 4.78 is 13.9. The summed E-state index contributed by atoms with van der Waals surface area (Å²) in [6.07, 6.45) is 3.08. The SMILES string of the molecule is CCCCc1c(C(C)c2ccc(C#N)cc2)[nH]c2cc(F)c(Cl)cc12. The fourth-order valence-electron chi connectivity index (χ4n) is 3.27. The predicted octanol–water partition coefficient (Wildman–Crippen LogP) is 6.33. The Morgan fingerprint density at radius 2 is 1.96 bits per heavy atom. The highest BCUT2D eigenvalue weighted by Crippen LogP contribution is 2.35. The van der Waals surface area contributed by atoms with E-state index in [1.165, 1.54) is 11.6 Å². The zero-order valence-electron chi connectivity index (χ0n) is 14.4. The highest BCUT2D eigenvalue weighted by atomic mass is 35.5. The summed E-state index contributed by atoms with van der Waals surface area (Å²) in [6.45, 7) is 4.28. The lowest BCUT2D eigenvalue weighted by Gasteiger charge is -2.14. The van der Waals surface area contributed by atoms with Gasteiger partial charge in [0.05, 0.1) is 16.7 Å². The molecule has 3 rings (SSSR count). The highest BCUT2D eigenvalue weighted by Gasteiger charge is 2.19. The first-order chi connectivity index (χ1) is 12.0. The molecule has 2 aromatic carbocycles. The number of halogens is 2. The molecule has 1 unspecified atom stereocenters. The third-order valence-electron chi connectivity index (χ3n) is 4.73. The van der Waals surface area contributed by atoms with E-state index in [4.69, 9.17) is 16.9 Å². The summed E-state index contributed by atoms with van der Waals surface area (Å²) in [5.74, 6) is -0.288. The van der Waals surface area contributed by atoms with Crippen molar-refractivity contribution in [1.82, 2.24) is 4.98 Å². The Morgan fingerprint density at radius 1 is 1.24 bits per heavy atom. The zero-order chi connectivity index (χ0) is 18.0. The van der Waals surface area contributed by atoms with Gasteiger partial charge < -0.3 is 4.98 Å². The summed E-state index contributed by atoms with van der Waals surface area (Å²) in [5.41, 5.74) is 4.84. The Balaban J connectivity index is 2.10. The molecular weight excluding hydrogens is 335 g/mol. The van der Waals surface area contributed by atoms with E-state index in [-0.39, 0.29) is 10.9 Å². The molecule has 0 radical (unpaired) electrons. The lowest BCUT2D eigenvalue weighted by molar-refractivity contribution is 0.630. The van der Waals surface area contributed by atoms with E-state index < -0.39 is 5.82 Å². The minimum Gasteiger partial charge on any atom is -0.358 e. The van der Waals surface area contributed by atoms with Crippen molar-refractivity contribution in [3.8, 4) is 6.07 Å². The van der Waals surface area contributed by atoms with E-state index in [1.54, 1.807) is 6.07 Å². The van der Waals surface area contributed by atoms with Crippen LogP contribution in [0.15, 0.2) is 36.4 Å². The Bertz CT molecular complexity index is 935. The van der Waals surface area contributed by atoms with E-state index in [9.17, 15) is 4.39 Å². The lowest BCUT2D eigenvalue weighted by atomic mass is 9.92. The minimum absolute atomic E-state index is 0.119. The third kappa shape index (κ3) is 3.41. The smallest absolute Gasteiger partial charge is 0.143 e. The van der Waals surface area contributed by atoms with Gasteiger partial charge in [-0.15, -0.1) is 0 Å². The molecule has 0 spiro atoms. The molecule has 128 valence electrons. The van der Waals surface area contributed by atoms with Crippen LogP contribution in [0.4, 0.5) is 4.39 Å².